The maximum atomic E-state index is 13.1. The minimum absolute atomic E-state index is 0.0166. The Bertz CT molecular complexity index is 373. The van der Waals surface area contributed by atoms with Crippen molar-refractivity contribution in [2.24, 2.45) is 0 Å². The number of benzene rings is 1. The van der Waals surface area contributed by atoms with Crippen molar-refractivity contribution < 1.29 is 14.2 Å². The van der Waals surface area contributed by atoms with E-state index >= 15 is 0 Å². The van der Waals surface area contributed by atoms with E-state index in [9.17, 15) is 9.50 Å². The Labute approximate surface area is 105 Å². The lowest BCUT2D eigenvalue weighted by Crippen LogP contribution is -2.32. The Balaban J connectivity index is 2.26. The van der Waals surface area contributed by atoms with Gasteiger partial charge in [-0.2, -0.15) is 0 Å². The summed E-state index contributed by atoms with van der Waals surface area (Å²) in [5.74, 6) is -0.310. The maximum absolute atomic E-state index is 13.1. The monoisotopic (exact) mass is 259 g/mol. The minimum Gasteiger partial charge on any atom is -0.488 e. The van der Waals surface area contributed by atoms with Gasteiger partial charge in [0.15, 0.2) is 11.6 Å². The first-order valence-electron chi connectivity index (χ1n) is 5.19. The van der Waals surface area contributed by atoms with Gasteiger partial charge in [0, 0.05) is 18.1 Å². The summed E-state index contributed by atoms with van der Waals surface area (Å²) in [6, 6.07) is 6.06. The smallest absolute Gasteiger partial charge is 0.165 e. The van der Waals surface area contributed by atoms with Crippen LogP contribution >= 0.6 is 11.6 Å². The largest absolute Gasteiger partial charge is 0.488 e. The van der Waals surface area contributed by atoms with Crippen LogP contribution in [-0.2, 0) is 0 Å². The number of rotatable bonds is 7. The highest BCUT2D eigenvalue weighted by atomic mass is 35.5. The van der Waals surface area contributed by atoms with Crippen molar-refractivity contribution >= 4 is 11.6 Å². The van der Waals surface area contributed by atoms with Crippen LogP contribution in [0.25, 0.3) is 0 Å². The molecule has 0 aromatic heterocycles. The van der Waals surface area contributed by atoms with Gasteiger partial charge in [-0.25, -0.2) is 4.39 Å². The van der Waals surface area contributed by atoms with E-state index in [1.807, 2.05) is 0 Å². The van der Waals surface area contributed by atoms with Crippen LogP contribution in [0.2, 0.25) is 0 Å². The fraction of sp³-hybridized carbons (Fsp3) is 0.333. The lowest BCUT2D eigenvalue weighted by atomic mass is 10.3. The van der Waals surface area contributed by atoms with Crippen LogP contribution in [0.3, 0.4) is 0 Å². The number of aliphatic hydroxyl groups excluding tert-OH is 1. The highest BCUT2D eigenvalue weighted by molar-refractivity contribution is 6.29. The van der Waals surface area contributed by atoms with Crippen molar-refractivity contribution in [3.63, 3.8) is 0 Å². The molecule has 0 radical (unpaired) electrons. The molecule has 5 heteroatoms. The molecule has 0 aliphatic carbocycles. The number of halogens is 2. The Morgan fingerprint density at radius 3 is 2.88 bits per heavy atom. The van der Waals surface area contributed by atoms with E-state index in [0.29, 0.717) is 18.1 Å². The summed E-state index contributed by atoms with van der Waals surface area (Å²) in [4.78, 5) is 0. The predicted molar refractivity (Wildman–Crippen MR) is 65.8 cm³/mol. The van der Waals surface area contributed by atoms with Crippen LogP contribution in [0.4, 0.5) is 4.39 Å². The second-order valence-corrected chi connectivity index (χ2v) is 4.08. The lowest BCUT2D eigenvalue weighted by molar-refractivity contribution is 0.105. The second kappa shape index (κ2) is 7.27. The van der Waals surface area contributed by atoms with E-state index in [1.165, 1.54) is 12.1 Å². The summed E-state index contributed by atoms with van der Waals surface area (Å²) in [6.45, 7) is 4.23. The van der Waals surface area contributed by atoms with Crippen LogP contribution < -0.4 is 10.1 Å². The molecule has 1 aromatic rings. The van der Waals surface area contributed by atoms with Gasteiger partial charge in [-0.15, -0.1) is 0 Å². The van der Waals surface area contributed by atoms with Crippen molar-refractivity contribution in [2.45, 2.75) is 6.10 Å². The standard InChI is InChI=1S/C12H15ClFNO2/c1-9(13)6-15-7-10(16)8-17-12-5-3-2-4-11(12)14/h2-5,10,15-16H,1,6-8H2. The molecule has 1 rings (SSSR count). The number of hydrogen-bond acceptors (Lipinski definition) is 3. The summed E-state index contributed by atoms with van der Waals surface area (Å²) < 4.78 is 18.3. The molecule has 0 amide bonds. The Hall–Kier alpha value is -1.10. The molecule has 0 saturated heterocycles. The molecular weight excluding hydrogens is 245 g/mol. The highest BCUT2D eigenvalue weighted by Gasteiger charge is 2.07. The SMILES string of the molecule is C=C(Cl)CNCC(O)COc1ccccc1F. The zero-order chi connectivity index (χ0) is 12.7. The van der Waals surface area contributed by atoms with Crippen LogP contribution in [0.1, 0.15) is 0 Å². The summed E-state index contributed by atoms with van der Waals surface area (Å²) in [5.41, 5.74) is 0. The predicted octanol–water partition coefficient (Wildman–Crippen LogP) is 1.91. The molecule has 0 aliphatic rings. The van der Waals surface area contributed by atoms with Gasteiger partial charge >= 0.3 is 0 Å². The normalized spacial score (nSPS) is 12.2. The van der Waals surface area contributed by atoms with Crippen LogP contribution in [-0.4, -0.2) is 30.9 Å². The molecule has 0 heterocycles. The van der Waals surface area contributed by atoms with E-state index < -0.39 is 11.9 Å². The molecule has 0 fully saturated rings. The highest BCUT2D eigenvalue weighted by Crippen LogP contribution is 2.15. The first-order chi connectivity index (χ1) is 8.09. The fourth-order valence-electron chi connectivity index (χ4n) is 1.18. The van der Waals surface area contributed by atoms with Crippen LogP contribution in [0, 0.1) is 5.82 Å². The van der Waals surface area contributed by atoms with Gasteiger partial charge in [0.05, 0.1) is 0 Å². The summed E-state index contributed by atoms with van der Waals surface area (Å²) in [5, 5.41) is 12.9. The van der Waals surface area contributed by atoms with Gasteiger partial charge in [0.1, 0.15) is 12.7 Å². The van der Waals surface area contributed by atoms with Crippen molar-refractivity contribution in [2.75, 3.05) is 19.7 Å². The molecule has 0 bridgehead atoms. The lowest BCUT2D eigenvalue weighted by Gasteiger charge is -2.13. The van der Waals surface area contributed by atoms with Gasteiger partial charge in [-0.05, 0) is 12.1 Å². The van der Waals surface area contributed by atoms with Crippen molar-refractivity contribution in [1.82, 2.24) is 5.32 Å². The molecule has 94 valence electrons. The Morgan fingerprint density at radius 2 is 2.24 bits per heavy atom. The van der Waals surface area contributed by atoms with E-state index in [0.717, 1.165) is 0 Å². The van der Waals surface area contributed by atoms with Gasteiger partial charge in [-0.3, -0.25) is 0 Å². The van der Waals surface area contributed by atoms with Crippen molar-refractivity contribution in [1.29, 1.82) is 0 Å². The van der Waals surface area contributed by atoms with Crippen molar-refractivity contribution in [3.05, 3.63) is 41.7 Å². The first-order valence-corrected chi connectivity index (χ1v) is 5.56. The zero-order valence-corrected chi connectivity index (χ0v) is 10.1. The van der Waals surface area contributed by atoms with Gasteiger partial charge in [0.2, 0.25) is 0 Å². The number of aliphatic hydroxyl groups is 1. The average molecular weight is 260 g/mol. The number of ether oxygens (including phenoxy) is 1. The maximum Gasteiger partial charge on any atom is 0.165 e. The van der Waals surface area contributed by atoms with Crippen LogP contribution in [0.5, 0.6) is 5.75 Å². The van der Waals surface area contributed by atoms with Gasteiger partial charge in [-0.1, -0.05) is 30.3 Å². The molecule has 0 spiro atoms. The quantitative estimate of drug-likeness (QED) is 0.786. The third kappa shape index (κ3) is 5.68. The number of hydrogen-bond donors (Lipinski definition) is 2. The van der Waals surface area contributed by atoms with Crippen LogP contribution in [0.15, 0.2) is 35.9 Å². The topological polar surface area (TPSA) is 41.5 Å². The van der Waals surface area contributed by atoms with E-state index in [4.69, 9.17) is 16.3 Å². The Morgan fingerprint density at radius 1 is 1.53 bits per heavy atom. The van der Waals surface area contributed by atoms with Gasteiger partial charge in [0.25, 0.3) is 0 Å². The third-order valence-corrected chi connectivity index (χ3v) is 2.10. The molecule has 1 aromatic carbocycles. The molecule has 1 atom stereocenters. The summed E-state index contributed by atoms with van der Waals surface area (Å²) in [7, 11) is 0. The van der Waals surface area contributed by atoms with E-state index in [-0.39, 0.29) is 12.4 Å². The minimum atomic E-state index is -0.731. The van der Waals surface area contributed by atoms with E-state index in [2.05, 4.69) is 11.9 Å². The summed E-state index contributed by atoms with van der Waals surface area (Å²) >= 11 is 5.54. The fourth-order valence-corrected chi connectivity index (χ4v) is 1.28. The second-order valence-electron chi connectivity index (χ2n) is 3.54. The molecular formula is C12H15ClFNO2. The third-order valence-electron chi connectivity index (χ3n) is 1.96. The Kier molecular flexibility index (Phi) is 5.97. The molecule has 0 aliphatic heterocycles. The molecule has 3 nitrogen and oxygen atoms in total. The molecule has 17 heavy (non-hydrogen) atoms. The molecule has 0 saturated carbocycles. The van der Waals surface area contributed by atoms with Gasteiger partial charge < -0.3 is 15.2 Å². The zero-order valence-electron chi connectivity index (χ0n) is 9.33. The van der Waals surface area contributed by atoms with E-state index in [1.54, 1.807) is 12.1 Å². The first kappa shape index (κ1) is 14.0. The molecule has 2 N–H and O–H groups in total. The average Bonchev–Trinajstić information content (AvgIpc) is 2.27. The number of nitrogens with one attached hydrogen (secondary N) is 1. The molecule has 1 unspecified atom stereocenters. The summed E-state index contributed by atoms with van der Waals surface area (Å²) in [6.07, 6.45) is -0.731. The van der Waals surface area contributed by atoms with Crippen molar-refractivity contribution in [3.8, 4) is 5.75 Å². The number of para-hydroxylation sites is 1.